The van der Waals surface area contributed by atoms with Crippen LogP contribution in [0.2, 0.25) is 0 Å². The van der Waals surface area contributed by atoms with Crippen LogP contribution in [0.15, 0.2) is 52.2 Å². The molecular formula is C22H28N4O4S. The van der Waals surface area contributed by atoms with Crippen LogP contribution in [0.5, 0.6) is 0 Å². The van der Waals surface area contributed by atoms with Gasteiger partial charge in [0.25, 0.3) is 15.9 Å². The Hall–Kier alpha value is -3.07. The van der Waals surface area contributed by atoms with E-state index in [1.807, 2.05) is 6.92 Å². The highest BCUT2D eigenvalue weighted by atomic mass is 32.2. The van der Waals surface area contributed by atoms with Crippen LogP contribution in [0.4, 0.5) is 5.69 Å². The third kappa shape index (κ3) is 5.75. The number of para-hydroxylation sites is 1. The number of hydrogen-bond acceptors (Lipinski definition) is 4. The Morgan fingerprint density at radius 1 is 1.00 bits per heavy atom. The van der Waals surface area contributed by atoms with Crippen LogP contribution in [0.1, 0.15) is 50.4 Å². The van der Waals surface area contributed by atoms with E-state index in [1.54, 1.807) is 24.3 Å². The van der Waals surface area contributed by atoms with Gasteiger partial charge >= 0.3 is 5.69 Å². The first-order valence-corrected chi connectivity index (χ1v) is 11.8. The normalized spacial score (nSPS) is 12.8. The minimum absolute atomic E-state index is 0.0208. The average Bonchev–Trinajstić information content (AvgIpc) is 3.07. The fourth-order valence-electron chi connectivity index (χ4n) is 3.36. The molecule has 3 rings (SSSR count). The SMILES string of the molecule is CC(C)CCCC(C)NC(=O)c1ccccc1NS(=O)(=O)c1ccc2[nH]c(=O)[nH]c2c1. The lowest BCUT2D eigenvalue weighted by molar-refractivity contribution is 0.0938. The molecule has 0 bridgehead atoms. The Morgan fingerprint density at radius 3 is 2.45 bits per heavy atom. The molecule has 3 aromatic rings. The smallest absolute Gasteiger partial charge is 0.323 e. The molecule has 0 aliphatic heterocycles. The number of sulfonamides is 1. The number of anilines is 1. The van der Waals surface area contributed by atoms with E-state index in [1.165, 1.54) is 18.2 Å². The van der Waals surface area contributed by atoms with Gasteiger partial charge in [-0.3, -0.25) is 9.52 Å². The summed E-state index contributed by atoms with van der Waals surface area (Å²) in [6, 6.07) is 10.7. The largest absolute Gasteiger partial charge is 0.350 e. The van der Waals surface area contributed by atoms with E-state index in [4.69, 9.17) is 0 Å². The molecule has 8 nitrogen and oxygen atoms in total. The summed E-state index contributed by atoms with van der Waals surface area (Å²) in [6.07, 6.45) is 2.96. The zero-order chi connectivity index (χ0) is 22.6. The second kappa shape index (κ2) is 9.38. The minimum Gasteiger partial charge on any atom is -0.350 e. The number of imidazole rings is 1. The summed E-state index contributed by atoms with van der Waals surface area (Å²) in [5.74, 6) is 0.280. The molecule has 2 aromatic carbocycles. The molecule has 166 valence electrons. The van der Waals surface area contributed by atoms with Gasteiger partial charge in [0.15, 0.2) is 0 Å². The fourth-order valence-corrected chi connectivity index (χ4v) is 4.46. The van der Waals surface area contributed by atoms with Gasteiger partial charge in [0.1, 0.15) is 0 Å². The summed E-state index contributed by atoms with van der Waals surface area (Å²) in [5, 5.41) is 2.95. The number of aromatic nitrogens is 2. The van der Waals surface area contributed by atoms with Crippen molar-refractivity contribution in [3.8, 4) is 0 Å². The first kappa shape index (κ1) is 22.6. The van der Waals surface area contributed by atoms with E-state index in [-0.39, 0.29) is 28.1 Å². The van der Waals surface area contributed by atoms with Crippen LogP contribution in [-0.2, 0) is 10.0 Å². The van der Waals surface area contributed by atoms with Crippen LogP contribution in [0, 0.1) is 5.92 Å². The molecule has 0 saturated heterocycles. The Morgan fingerprint density at radius 2 is 1.71 bits per heavy atom. The minimum atomic E-state index is -3.97. The first-order chi connectivity index (χ1) is 14.7. The second-order valence-corrected chi connectivity index (χ2v) is 9.82. The van der Waals surface area contributed by atoms with Gasteiger partial charge in [0.2, 0.25) is 0 Å². The predicted molar refractivity (Wildman–Crippen MR) is 122 cm³/mol. The van der Waals surface area contributed by atoms with Crippen molar-refractivity contribution in [2.24, 2.45) is 5.92 Å². The lowest BCUT2D eigenvalue weighted by Crippen LogP contribution is -2.33. The van der Waals surface area contributed by atoms with Gasteiger partial charge in [0.05, 0.1) is 27.2 Å². The molecule has 1 amide bonds. The Labute approximate surface area is 181 Å². The number of benzene rings is 2. The van der Waals surface area contributed by atoms with Crippen LogP contribution in [0.3, 0.4) is 0 Å². The van der Waals surface area contributed by atoms with Crippen molar-refractivity contribution < 1.29 is 13.2 Å². The van der Waals surface area contributed by atoms with Crippen molar-refractivity contribution in [3.63, 3.8) is 0 Å². The van der Waals surface area contributed by atoms with Crippen LogP contribution in [0.25, 0.3) is 11.0 Å². The molecule has 1 aromatic heterocycles. The molecule has 0 spiro atoms. The maximum Gasteiger partial charge on any atom is 0.323 e. The van der Waals surface area contributed by atoms with Gasteiger partial charge in [-0.2, -0.15) is 0 Å². The molecule has 31 heavy (non-hydrogen) atoms. The van der Waals surface area contributed by atoms with Crippen molar-refractivity contribution in [2.45, 2.75) is 51.0 Å². The summed E-state index contributed by atoms with van der Waals surface area (Å²) in [6.45, 7) is 6.27. The number of carbonyl (C=O) groups excluding carboxylic acids is 1. The molecule has 1 heterocycles. The highest BCUT2D eigenvalue weighted by Crippen LogP contribution is 2.22. The van der Waals surface area contributed by atoms with E-state index < -0.39 is 15.7 Å². The van der Waals surface area contributed by atoms with Crippen LogP contribution >= 0.6 is 0 Å². The van der Waals surface area contributed by atoms with Gasteiger partial charge in [-0.15, -0.1) is 0 Å². The summed E-state index contributed by atoms with van der Waals surface area (Å²) in [5.41, 5.74) is 0.918. The lowest BCUT2D eigenvalue weighted by Gasteiger charge is -2.17. The second-order valence-electron chi connectivity index (χ2n) is 8.14. The summed E-state index contributed by atoms with van der Waals surface area (Å²) >= 11 is 0. The number of rotatable bonds is 9. The predicted octanol–water partition coefficient (Wildman–Crippen LogP) is 3.60. The summed E-state index contributed by atoms with van der Waals surface area (Å²) in [7, 11) is -3.97. The molecular weight excluding hydrogens is 416 g/mol. The van der Waals surface area contributed by atoms with Crippen molar-refractivity contribution >= 4 is 32.7 Å². The lowest BCUT2D eigenvalue weighted by atomic mass is 10.0. The molecule has 0 fully saturated rings. The summed E-state index contributed by atoms with van der Waals surface area (Å²) < 4.78 is 28.3. The number of H-pyrrole nitrogens is 2. The number of amides is 1. The zero-order valence-electron chi connectivity index (χ0n) is 17.9. The van der Waals surface area contributed by atoms with E-state index in [2.05, 4.69) is 33.9 Å². The maximum atomic E-state index is 12.9. The quantitative estimate of drug-likeness (QED) is 0.402. The summed E-state index contributed by atoms with van der Waals surface area (Å²) in [4.78, 5) is 29.3. The Bertz CT molecular complexity index is 1230. The molecule has 1 unspecified atom stereocenters. The van der Waals surface area contributed by atoms with E-state index in [9.17, 15) is 18.0 Å². The fraction of sp³-hybridized carbons (Fsp3) is 0.364. The van der Waals surface area contributed by atoms with Crippen molar-refractivity contribution in [2.75, 3.05) is 4.72 Å². The molecule has 4 N–H and O–H groups in total. The third-order valence-electron chi connectivity index (χ3n) is 5.01. The zero-order valence-corrected chi connectivity index (χ0v) is 18.7. The highest BCUT2D eigenvalue weighted by molar-refractivity contribution is 7.92. The van der Waals surface area contributed by atoms with E-state index in [0.29, 0.717) is 17.0 Å². The molecule has 1 atom stereocenters. The van der Waals surface area contributed by atoms with Crippen LogP contribution < -0.4 is 15.7 Å². The number of carbonyl (C=O) groups is 1. The van der Waals surface area contributed by atoms with Crippen molar-refractivity contribution in [1.82, 2.24) is 15.3 Å². The molecule has 0 saturated carbocycles. The monoisotopic (exact) mass is 444 g/mol. The van der Waals surface area contributed by atoms with Crippen LogP contribution in [-0.4, -0.2) is 30.3 Å². The van der Waals surface area contributed by atoms with Gasteiger partial charge < -0.3 is 15.3 Å². The Balaban J connectivity index is 1.77. The number of hydrogen-bond donors (Lipinski definition) is 4. The molecule has 0 aliphatic carbocycles. The maximum absolute atomic E-state index is 12.9. The van der Waals surface area contributed by atoms with Gasteiger partial charge in [0, 0.05) is 6.04 Å². The van der Waals surface area contributed by atoms with Gasteiger partial charge in [-0.1, -0.05) is 38.8 Å². The third-order valence-corrected chi connectivity index (χ3v) is 6.37. The van der Waals surface area contributed by atoms with Gasteiger partial charge in [-0.05, 0) is 49.6 Å². The van der Waals surface area contributed by atoms with E-state index in [0.717, 1.165) is 19.3 Å². The molecule has 0 radical (unpaired) electrons. The first-order valence-electron chi connectivity index (χ1n) is 10.3. The number of fused-ring (bicyclic) bond motifs is 1. The molecule has 0 aliphatic rings. The standard InChI is InChI=1S/C22H28N4O4S/c1-14(2)7-6-8-15(3)23-21(27)17-9-4-5-10-18(17)26-31(29,30)16-11-12-19-20(13-16)25-22(28)24-19/h4-5,9-15,26H,6-8H2,1-3H3,(H,23,27)(H2,24,25,28). The highest BCUT2D eigenvalue weighted by Gasteiger charge is 2.20. The van der Waals surface area contributed by atoms with E-state index >= 15 is 0 Å². The average molecular weight is 445 g/mol. The van der Waals surface area contributed by atoms with Crippen molar-refractivity contribution in [1.29, 1.82) is 0 Å². The Kier molecular flexibility index (Phi) is 6.84. The van der Waals surface area contributed by atoms with Gasteiger partial charge in [-0.25, -0.2) is 13.2 Å². The molecule has 9 heteroatoms. The number of nitrogens with one attached hydrogen (secondary N) is 4. The van der Waals surface area contributed by atoms with Crippen molar-refractivity contribution in [3.05, 3.63) is 58.5 Å². The topological polar surface area (TPSA) is 124 Å². The number of aromatic amines is 2.